The van der Waals surface area contributed by atoms with Crippen LogP contribution in [0.3, 0.4) is 0 Å². The van der Waals surface area contributed by atoms with E-state index in [1.165, 1.54) is 14.2 Å². The second-order valence-corrected chi connectivity index (χ2v) is 3.94. The number of nitrogens with zero attached hydrogens (tertiary/aromatic N) is 2. The lowest BCUT2D eigenvalue weighted by Gasteiger charge is -2.10. The van der Waals surface area contributed by atoms with Gasteiger partial charge in [0, 0.05) is 12.6 Å². The number of methoxy groups -OCH3 is 1. The Morgan fingerprint density at radius 3 is 2.50 bits per heavy atom. The van der Waals surface area contributed by atoms with Crippen molar-refractivity contribution >= 4 is 5.95 Å². The third kappa shape index (κ3) is 2.98. The van der Waals surface area contributed by atoms with Gasteiger partial charge in [0.25, 0.3) is 0 Å². The maximum atomic E-state index is 12.8. The van der Waals surface area contributed by atoms with Crippen molar-refractivity contribution in [2.24, 2.45) is 0 Å². The molecule has 0 radical (unpaired) electrons. The largest absolute Gasteiger partial charge is 0.497 e. The van der Waals surface area contributed by atoms with Gasteiger partial charge < -0.3 is 10.1 Å². The quantitative estimate of drug-likeness (QED) is 0.939. The van der Waals surface area contributed by atoms with E-state index < -0.39 is 11.9 Å². The van der Waals surface area contributed by atoms with Crippen molar-refractivity contribution in [3.8, 4) is 17.0 Å². The van der Waals surface area contributed by atoms with Gasteiger partial charge in [-0.05, 0) is 18.2 Å². The van der Waals surface area contributed by atoms with Gasteiger partial charge in [0.05, 0.1) is 12.8 Å². The van der Waals surface area contributed by atoms with Crippen LogP contribution < -0.4 is 10.1 Å². The van der Waals surface area contributed by atoms with E-state index in [9.17, 15) is 13.2 Å². The first-order chi connectivity index (χ1) is 9.44. The van der Waals surface area contributed by atoms with Crippen molar-refractivity contribution < 1.29 is 17.9 Å². The van der Waals surface area contributed by atoms with Gasteiger partial charge in [0.2, 0.25) is 5.95 Å². The minimum absolute atomic E-state index is 0.0855. The normalized spacial score (nSPS) is 11.2. The van der Waals surface area contributed by atoms with Crippen molar-refractivity contribution in [2.45, 2.75) is 6.18 Å². The molecule has 4 nitrogen and oxygen atoms in total. The average molecular weight is 283 g/mol. The van der Waals surface area contributed by atoms with E-state index >= 15 is 0 Å². The summed E-state index contributed by atoms with van der Waals surface area (Å²) < 4.78 is 43.5. The van der Waals surface area contributed by atoms with Crippen LogP contribution >= 0.6 is 0 Å². The van der Waals surface area contributed by atoms with Gasteiger partial charge in [0.15, 0.2) is 5.69 Å². The predicted molar refractivity (Wildman–Crippen MR) is 68.6 cm³/mol. The highest BCUT2D eigenvalue weighted by atomic mass is 19.4. The van der Waals surface area contributed by atoms with Crippen molar-refractivity contribution in [3.63, 3.8) is 0 Å². The van der Waals surface area contributed by atoms with Crippen molar-refractivity contribution in [2.75, 3.05) is 19.5 Å². The van der Waals surface area contributed by atoms with E-state index in [1.807, 2.05) is 0 Å². The Labute approximate surface area is 113 Å². The first-order valence-corrected chi connectivity index (χ1v) is 5.72. The zero-order valence-corrected chi connectivity index (χ0v) is 10.8. The molecule has 0 amide bonds. The van der Waals surface area contributed by atoms with Gasteiger partial charge in [-0.1, -0.05) is 12.1 Å². The topological polar surface area (TPSA) is 47.0 Å². The number of hydrogen-bond acceptors (Lipinski definition) is 4. The third-order valence-corrected chi connectivity index (χ3v) is 2.61. The molecule has 1 N–H and O–H groups in total. The average Bonchev–Trinajstić information content (AvgIpc) is 2.46. The van der Waals surface area contributed by atoms with Crippen LogP contribution in [-0.2, 0) is 6.18 Å². The van der Waals surface area contributed by atoms with Crippen LogP contribution in [0.4, 0.5) is 19.1 Å². The lowest BCUT2D eigenvalue weighted by atomic mass is 10.1. The Hall–Kier alpha value is -2.31. The maximum absolute atomic E-state index is 12.8. The van der Waals surface area contributed by atoms with Crippen LogP contribution in [0.1, 0.15) is 5.69 Å². The minimum atomic E-state index is -4.53. The Balaban J connectivity index is 2.55. The van der Waals surface area contributed by atoms with Crippen molar-refractivity contribution in [1.82, 2.24) is 9.97 Å². The van der Waals surface area contributed by atoms with Crippen LogP contribution in [0.5, 0.6) is 5.75 Å². The summed E-state index contributed by atoms with van der Waals surface area (Å²) in [4.78, 5) is 7.45. The highest BCUT2D eigenvalue weighted by molar-refractivity contribution is 5.62. The molecule has 0 saturated heterocycles. The fourth-order valence-electron chi connectivity index (χ4n) is 1.63. The second-order valence-electron chi connectivity index (χ2n) is 3.94. The number of aromatic nitrogens is 2. The van der Waals surface area contributed by atoms with Crippen molar-refractivity contribution in [1.29, 1.82) is 0 Å². The Morgan fingerprint density at radius 2 is 1.90 bits per heavy atom. The molecular formula is C13H12F3N3O. The molecule has 1 aromatic carbocycles. The first kappa shape index (κ1) is 14.1. The summed E-state index contributed by atoms with van der Waals surface area (Å²) in [5.74, 6) is 0.457. The molecule has 0 bridgehead atoms. The predicted octanol–water partition coefficient (Wildman–Crippen LogP) is 3.21. The summed E-state index contributed by atoms with van der Waals surface area (Å²) >= 11 is 0. The highest BCUT2D eigenvalue weighted by Crippen LogP contribution is 2.31. The molecule has 0 atom stereocenters. The lowest BCUT2D eigenvalue weighted by Crippen LogP contribution is -2.11. The number of halogens is 3. The number of hydrogen-bond donors (Lipinski definition) is 1. The minimum Gasteiger partial charge on any atom is -0.497 e. The fourth-order valence-corrected chi connectivity index (χ4v) is 1.63. The van der Waals surface area contributed by atoms with Crippen LogP contribution in [0, 0.1) is 0 Å². The number of alkyl halides is 3. The summed E-state index contributed by atoms with van der Waals surface area (Å²) in [6, 6.07) is 7.57. The molecular weight excluding hydrogens is 271 g/mol. The standard InChI is InChI=1S/C13H12F3N3O/c1-17-12-18-10(7-11(19-12)13(14,15)16)8-4-3-5-9(6-8)20-2/h3-7H,1-2H3,(H,17,18,19). The molecule has 0 spiro atoms. The van der Waals surface area contributed by atoms with Gasteiger partial charge in [-0.25, -0.2) is 9.97 Å². The summed E-state index contributed by atoms with van der Waals surface area (Å²) in [6.45, 7) is 0. The monoisotopic (exact) mass is 283 g/mol. The van der Waals surface area contributed by atoms with Gasteiger partial charge in [-0.2, -0.15) is 13.2 Å². The molecule has 20 heavy (non-hydrogen) atoms. The Kier molecular flexibility index (Phi) is 3.78. The van der Waals surface area contributed by atoms with E-state index in [-0.39, 0.29) is 11.6 Å². The number of ether oxygens (including phenoxy) is 1. The molecule has 0 aliphatic heterocycles. The molecule has 7 heteroatoms. The molecule has 0 aliphatic carbocycles. The number of benzene rings is 1. The van der Waals surface area contributed by atoms with Gasteiger partial charge in [-0.15, -0.1) is 0 Å². The van der Waals surface area contributed by atoms with Crippen LogP contribution in [0.25, 0.3) is 11.3 Å². The van der Waals surface area contributed by atoms with Gasteiger partial charge >= 0.3 is 6.18 Å². The first-order valence-electron chi connectivity index (χ1n) is 5.72. The third-order valence-electron chi connectivity index (χ3n) is 2.61. The van der Waals surface area contributed by atoms with Gasteiger partial charge in [-0.3, -0.25) is 0 Å². The zero-order valence-electron chi connectivity index (χ0n) is 10.8. The van der Waals surface area contributed by atoms with E-state index in [1.54, 1.807) is 24.3 Å². The maximum Gasteiger partial charge on any atom is 0.433 e. The smallest absolute Gasteiger partial charge is 0.433 e. The second kappa shape index (κ2) is 5.36. The summed E-state index contributed by atoms with van der Waals surface area (Å²) in [7, 11) is 2.95. The molecule has 2 aromatic rings. The Bertz CT molecular complexity index is 614. The molecule has 0 fully saturated rings. The SMILES string of the molecule is CNc1nc(-c2cccc(OC)c2)cc(C(F)(F)F)n1. The molecule has 1 heterocycles. The number of anilines is 1. The molecule has 0 aliphatic rings. The number of nitrogens with one attached hydrogen (secondary N) is 1. The summed E-state index contributed by atoms with van der Waals surface area (Å²) in [5, 5.41) is 2.52. The highest BCUT2D eigenvalue weighted by Gasteiger charge is 2.33. The van der Waals surface area contributed by atoms with Crippen LogP contribution in [0.2, 0.25) is 0 Å². The van der Waals surface area contributed by atoms with E-state index in [4.69, 9.17) is 4.74 Å². The zero-order chi connectivity index (χ0) is 14.8. The van der Waals surface area contributed by atoms with Crippen LogP contribution in [-0.4, -0.2) is 24.1 Å². The lowest BCUT2D eigenvalue weighted by molar-refractivity contribution is -0.141. The van der Waals surface area contributed by atoms with E-state index in [2.05, 4.69) is 15.3 Å². The van der Waals surface area contributed by atoms with E-state index in [0.717, 1.165) is 6.07 Å². The summed E-state index contributed by atoms with van der Waals surface area (Å²) in [5.41, 5.74) is -0.293. The number of rotatable bonds is 3. The summed E-state index contributed by atoms with van der Waals surface area (Å²) in [6.07, 6.45) is -4.53. The van der Waals surface area contributed by atoms with E-state index in [0.29, 0.717) is 11.3 Å². The molecule has 1 aromatic heterocycles. The molecule has 2 rings (SSSR count). The van der Waals surface area contributed by atoms with Gasteiger partial charge in [0.1, 0.15) is 5.75 Å². The fraction of sp³-hybridized carbons (Fsp3) is 0.231. The molecule has 106 valence electrons. The van der Waals surface area contributed by atoms with Crippen molar-refractivity contribution in [3.05, 3.63) is 36.0 Å². The Morgan fingerprint density at radius 1 is 1.15 bits per heavy atom. The molecule has 0 unspecified atom stereocenters. The molecule has 0 saturated carbocycles. The van der Waals surface area contributed by atoms with Crippen LogP contribution in [0.15, 0.2) is 30.3 Å².